The number of hydrogen-bond acceptors (Lipinski definition) is 3. The monoisotopic (exact) mass is 253 g/mol. The van der Waals surface area contributed by atoms with Crippen LogP contribution in [0.25, 0.3) is 0 Å². The van der Waals surface area contributed by atoms with Crippen molar-refractivity contribution in [3.8, 4) is 0 Å². The van der Waals surface area contributed by atoms with Crippen LogP contribution in [0.15, 0.2) is 0 Å². The molecule has 0 radical (unpaired) electrons. The minimum absolute atomic E-state index is 0.128. The number of nitrogens with zero attached hydrogens (tertiary/aromatic N) is 1. The van der Waals surface area contributed by atoms with Gasteiger partial charge in [0.2, 0.25) is 5.91 Å². The maximum atomic E-state index is 12.2. The summed E-state index contributed by atoms with van der Waals surface area (Å²) >= 11 is 0. The van der Waals surface area contributed by atoms with E-state index in [0.717, 1.165) is 32.0 Å². The Labute approximate surface area is 110 Å². The van der Waals surface area contributed by atoms with Crippen molar-refractivity contribution in [3.05, 3.63) is 0 Å². The number of carbonyl (C=O) groups excluding carboxylic acids is 1. The van der Waals surface area contributed by atoms with Crippen LogP contribution in [0.5, 0.6) is 0 Å². The summed E-state index contributed by atoms with van der Waals surface area (Å²) in [6.07, 6.45) is 5.04. The topological polar surface area (TPSA) is 58.4 Å². The van der Waals surface area contributed by atoms with Crippen molar-refractivity contribution in [1.82, 2.24) is 10.2 Å². The predicted molar refractivity (Wildman–Crippen MR) is 73.1 cm³/mol. The van der Waals surface area contributed by atoms with Gasteiger partial charge in [-0.25, -0.2) is 0 Å². The smallest absolute Gasteiger partial charge is 0.239 e. The Morgan fingerprint density at radius 2 is 2.11 bits per heavy atom. The van der Waals surface area contributed by atoms with Crippen molar-refractivity contribution in [2.45, 2.75) is 51.6 Å². The number of rotatable bonds is 5. The molecule has 0 aromatic carbocycles. The van der Waals surface area contributed by atoms with Crippen molar-refractivity contribution in [2.24, 2.45) is 17.6 Å². The third-order valence-electron chi connectivity index (χ3n) is 4.13. The van der Waals surface area contributed by atoms with Crippen molar-refractivity contribution >= 4 is 5.91 Å². The molecule has 1 aliphatic heterocycles. The van der Waals surface area contributed by atoms with E-state index in [4.69, 9.17) is 5.73 Å². The summed E-state index contributed by atoms with van der Waals surface area (Å²) in [6, 6.07) is 0.134. The van der Waals surface area contributed by atoms with Crippen LogP contribution in [-0.2, 0) is 4.79 Å². The van der Waals surface area contributed by atoms with Crippen molar-refractivity contribution in [2.75, 3.05) is 19.6 Å². The van der Waals surface area contributed by atoms with E-state index >= 15 is 0 Å². The molecular weight excluding hydrogens is 226 g/mol. The van der Waals surface area contributed by atoms with E-state index in [1.54, 1.807) is 0 Å². The van der Waals surface area contributed by atoms with E-state index in [2.05, 4.69) is 5.32 Å². The quantitative estimate of drug-likeness (QED) is 0.767. The Balaban J connectivity index is 1.79. The first-order chi connectivity index (χ1) is 8.58. The lowest BCUT2D eigenvalue weighted by Crippen LogP contribution is -2.53. The molecular formula is C14H27N3O. The van der Waals surface area contributed by atoms with Gasteiger partial charge in [0.25, 0.3) is 0 Å². The third kappa shape index (κ3) is 3.69. The molecule has 2 fully saturated rings. The molecule has 18 heavy (non-hydrogen) atoms. The Morgan fingerprint density at radius 3 is 2.72 bits per heavy atom. The van der Waals surface area contributed by atoms with E-state index < -0.39 is 0 Å². The lowest BCUT2D eigenvalue weighted by molar-refractivity contribution is -0.134. The first-order valence-electron chi connectivity index (χ1n) is 7.35. The van der Waals surface area contributed by atoms with Crippen LogP contribution in [0.2, 0.25) is 0 Å². The molecule has 2 atom stereocenters. The van der Waals surface area contributed by atoms with E-state index in [0.29, 0.717) is 6.04 Å². The minimum atomic E-state index is -0.341. The lowest BCUT2D eigenvalue weighted by Gasteiger charge is -2.35. The number of hydrogen-bond donors (Lipinski definition) is 2. The summed E-state index contributed by atoms with van der Waals surface area (Å²) < 4.78 is 0. The van der Waals surface area contributed by atoms with Crippen LogP contribution in [0.4, 0.5) is 0 Å². The zero-order chi connectivity index (χ0) is 13.1. The number of likely N-dealkylation sites (tertiary alicyclic amines) is 1. The third-order valence-corrected chi connectivity index (χ3v) is 4.13. The normalized spacial score (nSPS) is 26.4. The summed E-state index contributed by atoms with van der Waals surface area (Å²) in [5.41, 5.74) is 5.96. The molecule has 0 unspecified atom stereocenters. The summed E-state index contributed by atoms with van der Waals surface area (Å²) in [5, 5.41) is 3.60. The number of piperidine rings is 1. The van der Waals surface area contributed by atoms with Gasteiger partial charge >= 0.3 is 0 Å². The molecule has 0 bridgehead atoms. The zero-order valence-corrected chi connectivity index (χ0v) is 11.7. The Hall–Kier alpha value is -0.610. The molecule has 4 heteroatoms. The molecule has 1 heterocycles. The van der Waals surface area contributed by atoms with Gasteiger partial charge in [0.15, 0.2) is 0 Å². The van der Waals surface area contributed by atoms with Gasteiger partial charge in [-0.2, -0.15) is 0 Å². The molecule has 2 rings (SSSR count). The van der Waals surface area contributed by atoms with Crippen LogP contribution in [0, 0.1) is 11.8 Å². The fourth-order valence-corrected chi connectivity index (χ4v) is 2.50. The number of nitrogens with two attached hydrogens (primary N) is 1. The lowest BCUT2D eigenvalue weighted by atomic mass is 10.0. The standard InChI is InChI=1S/C14H27N3O/c1-10(2)13(15)14(18)17-7-3-4-12(9-17)16-8-11-5-6-11/h10-13,16H,3-9,15H2,1-2H3/t12-,13-/m0/s1. The second-order valence-electron chi connectivity index (χ2n) is 6.24. The second kappa shape index (κ2) is 6.02. The Bertz CT molecular complexity index is 289. The van der Waals surface area contributed by atoms with Crippen molar-refractivity contribution < 1.29 is 4.79 Å². The van der Waals surface area contributed by atoms with Gasteiger partial charge in [-0.1, -0.05) is 13.8 Å². The highest BCUT2D eigenvalue weighted by atomic mass is 16.2. The SMILES string of the molecule is CC(C)[C@H](N)C(=O)N1CCC[C@H](NCC2CC2)C1. The zero-order valence-electron chi connectivity index (χ0n) is 11.7. The van der Waals surface area contributed by atoms with Gasteiger partial charge in [0, 0.05) is 19.1 Å². The molecule has 4 nitrogen and oxygen atoms in total. The van der Waals surface area contributed by atoms with Crippen LogP contribution in [0.1, 0.15) is 39.5 Å². The average Bonchev–Trinajstić information content (AvgIpc) is 3.19. The highest BCUT2D eigenvalue weighted by molar-refractivity contribution is 5.82. The first kappa shape index (κ1) is 13.8. The number of carbonyl (C=O) groups is 1. The number of amides is 1. The number of nitrogens with one attached hydrogen (secondary N) is 1. The van der Waals surface area contributed by atoms with Gasteiger partial charge in [-0.3, -0.25) is 4.79 Å². The summed E-state index contributed by atoms with van der Waals surface area (Å²) in [4.78, 5) is 14.2. The molecule has 1 aliphatic carbocycles. The van der Waals surface area contributed by atoms with Crippen LogP contribution in [-0.4, -0.2) is 42.5 Å². The molecule has 104 valence electrons. The van der Waals surface area contributed by atoms with Gasteiger partial charge in [-0.15, -0.1) is 0 Å². The molecule has 0 aromatic rings. The molecule has 1 amide bonds. The molecule has 1 saturated carbocycles. The fourth-order valence-electron chi connectivity index (χ4n) is 2.50. The molecule has 0 spiro atoms. The van der Waals surface area contributed by atoms with Gasteiger partial charge in [0.1, 0.15) is 0 Å². The summed E-state index contributed by atoms with van der Waals surface area (Å²) in [6.45, 7) is 6.86. The van der Waals surface area contributed by atoms with Crippen molar-refractivity contribution in [1.29, 1.82) is 0 Å². The predicted octanol–water partition coefficient (Wildman–Crippen LogP) is 0.960. The van der Waals surface area contributed by atoms with Gasteiger partial charge < -0.3 is 16.0 Å². The molecule has 1 saturated heterocycles. The second-order valence-corrected chi connectivity index (χ2v) is 6.24. The molecule has 3 N–H and O–H groups in total. The van der Waals surface area contributed by atoms with Crippen LogP contribution < -0.4 is 11.1 Å². The minimum Gasteiger partial charge on any atom is -0.340 e. The highest BCUT2D eigenvalue weighted by Gasteiger charge is 2.29. The fraction of sp³-hybridized carbons (Fsp3) is 0.929. The van der Waals surface area contributed by atoms with Crippen LogP contribution >= 0.6 is 0 Å². The van der Waals surface area contributed by atoms with Gasteiger partial charge in [0.05, 0.1) is 6.04 Å². The van der Waals surface area contributed by atoms with E-state index in [9.17, 15) is 4.79 Å². The first-order valence-corrected chi connectivity index (χ1v) is 7.35. The van der Waals surface area contributed by atoms with Gasteiger partial charge in [-0.05, 0) is 44.1 Å². The van der Waals surface area contributed by atoms with Crippen molar-refractivity contribution in [3.63, 3.8) is 0 Å². The van der Waals surface area contributed by atoms with Crippen LogP contribution in [0.3, 0.4) is 0 Å². The molecule has 0 aromatic heterocycles. The molecule has 2 aliphatic rings. The highest BCUT2D eigenvalue weighted by Crippen LogP contribution is 2.28. The largest absolute Gasteiger partial charge is 0.340 e. The van der Waals surface area contributed by atoms with E-state index in [1.165, 1.54) is 19.3 Å². The average molecular weight is 253 g/mol. The summed E-state index contributed by atoms with van der Waals surface area (Å²) in [7, 11) is 0. The maximum Gasteiger partial charge on any atom is 0.239 e. The maximum absolute atomic E-state index is 12.2. The summed E-state index contributed by atoms with van der Waals surface area (Å²) in [5.74, 6) is 1.24. The van der Waals surface area contributed by atoms with E-state index in [-0.39, 0.29) is 17.9 Å². The Kier molecular flexibility index (Phi) is 4.62. The Morgan fingerprint density at radius 1 is 1.39 bits per heavy atom. The van der Waals surface area contributed by atoms with E-state index in [1.807, 2.05) is 18.7 Å².